The summed E-state index contributed by atoms with van der Waals surface area (Å²) in [6.45, 7) is 4.94. The Kier molecular flexibility index (Phi) is 5.52. The van der Waals surface area contributed by atoms with Crippen LogP contribution in [-0.2, 0) is 37.8 Å². The van der Waals surface area contributed by atoms with E-state index >= 15 is 0 Å². The number of benzene rings is 2. The van der Waals surface area contributed by atoms with Crippen molar-refractivity contribution < 1.29 is 9.18 Å². The summed E-state index contributed by atoms with van der Waals surface area (Å²) in [5.74, 6) is -0.180. The first-order chi connectivity index (χ1) is 15.9. The molecule has 170 valence electrons. The van der Waals surface area contributed by atoms with Crippen LogP contribution in [0.4, 0.5) is 4.39 Å². The predicted molar refractivity (Wildman–Crippen MR) is 127 cm³/mol. The van der Waals surface area contributed by atoms with Crippen LogP contribution >= 0.6 is 0 Å². The highest BCUT2D eigenvalue weighted by Gasteiger charge is 2.30. The molecule has 4 aromatic rings. The van der Waals surface area contributed by atoms with Gasteiger partial charge in [0.25, 0.3) is 0 Å². The van der Waals surface area contributed by atoms with Crippen molar-refractivity contribution in [3.8, 4) is 0 Å². The summed E-state index contributed by atoms with van der Waals surface area (Å²) < 4.78 is 15.8. The number of aromatic amines is 1. The lowest BCUT2D eigenvalue weighted by molar-refractivity contribution is -0.137. The first kappa shape index (κ1) is 21.4. The fourth-order valence-electron chi connectivity index (χ4n) is 5.10. The Morgan fingerprint density at radius 2 is 1.97 bits per heavy atom. The Morgan fingerprint density at radius 3 is 2.73 bits per heavy atom. The number of carbonyl (C=O) groups excluding carboxylic acids is 1. The molecule has 2 aromatic heterocycles. The average Bonchev–Trinajstić information content (AvgIpc) is 3.32. The first-order valence-electron chi connectivity index (χ1n) is 11.5. The quantitative estimate of drug-likeness (QED) is 0.471. The third-order valence-electron chi connectivity index (χ3n) is 7.11. The monoisotopic (exact) mass is 444 g/mol. The van der Waals surface area contributed by atoms with Crippen LogP contribution < -0.4 is 0 Å². The van der Waals surface area contributed by atoms with Crippen LogP contribution in [0, 0.1) is 25.6 Å². The van der Waals surface area contributed by atoms with E-state index in [1.54, 1.807) is 12.1 Å². The summed E-state index contributed by atoms with van der Waals surface area (Å²) in [6, 6.07) is 13.2. The molecule has 0 radical (unpaired) electrons. The molecule has 1 amide bonds. The third kappa shape index (κ3) is 4.06. The van der Waals surface area contributed by atoms with Crippen LogP contribution in [-0.4, -0.2) is 25.6 Å². The van der Waals surface area contributed by atoms with Gasteiger partial charge in [0.2, 0.25) is 5.91 Å². The van der Waals surface area contributed by atoms with Gasteiger partial charge >= 0.3 is 0 Å². The molecule has 5 nitrogen and oxygen atoms in total. The van der Waals surface area contributed by atoms with Gasteiger partial charge in [0, 0.05) is 54.4 Å². The second kappa shape index (κ2) is 8.50. The molecule has 2 aromatic carbocycles. The Hall–Kier alpha value is -3.41. The van der Waals surface area contributed by atoms with Crippen LogP contribution in [0.1, 0.15) is 40.1 Å². The Balaban J connectivity index is 1.48. The minimum absolute atomic E-state index is 0.0564. The number of aryl methyl sites for hydroxylation is 3. The van der Waals surface area contributed by atoms with E-state index < -0.39 is 0 Å². The van der Waals surface area contributed by atoms with Crippen molar-refractivity contribution in [2.45, 2.75) is 46.2 Å². The van der Waals surface area contributed by atoms with Gasteiger partial charge in [-0.25, -0.2) is 4.39 Å². The van der Waals surface area contributed by atoms with Crippen LogP contribution in [0.3, 0.4) is 0 Å². The summed E-state index contributed by atoms with van der Waals surface area (Å²) in [5, 5.41) is 5.37. The van der Waals surface area contributed by atoms with E-state index in [9.17, 15) is 9.18 Å². The normalized spacial score (nSPS) is 15.6. The zero-order valence-corrected chi connectivity index (χ0v) is 19.4. The van der Waals surface area contributed by atoms with Crippen molar-refractivity contribution in [1.82, 2.24) is 19.7 Å². The SMILES string of the molecule is Cc1nn(C)c(C)c1CN(Cc1c[nH]c2ccc(F)cc12)C(=O)C1CCc2ccccc2C1. The molecule has 1 N–H and O–H groups in total. The molecular weight excluding hydrogens is 415 g/mol. The highest BCUT2D eigenvalue weighted by Crippen LogP contribution is 2.29. The fraction of sp³-hybridized carbons (Fsp3) is 0.333. The Morgan fingerprint density at radius 1 is 1.18 bits per heavy atom. The molecule has 6 heteroatoms. The number of nitrogens with one attached hydrogen (secondary N) is 1. The molecular formula is C27H29FN4O. The highest BCUT2D eigenvalue weighted by atomic mass is 19.1. The first-order valence-corrected chi connectivity index (χ1v) is 11.5. The number of carbonyl (C=O) groups is 1. The maximum atomic E-state index is 14.0. The second-order valence-corrected chi connectivity index (χ2v) is 9.18. The van der Waals surface area contributed by atoms with E-state index in [2.05, 4.69) is 28.3 Å². The van der Waals surface area contributed by atoms with Gasteiger partial charge in [-0.3, -0.25) is 9.48 Å². The lowest BCUT2D eigenvalue weighted by Crippen LogP contribution is -2.38. The summed E-state index contributed by atoms with van der Waals surface area (Å²) in [7, 11) is 1.93. The molecule has 0 saturated heterocycles. The van der Waals surface area contributed by atoms with Gasteiger partial charge in [-0.05, 0) is 68.0 Å². The van der Waals surface area contributed by atoms with Crippen LogP contribution in [0.5, 0.6) is 0 Å². The van der Waals surface area contributed by atoms with Gasteiger partial charge < -0.3 is 9.88 Å². The van der Waals surface area contributed by atoms with Gasteiger partial charge in [-0.15, -0.1) is 0 Å². The molecule has 2 heterocycles. The van der Waals surface area contributed by atoms with E-state index in [4.69, 9.17) is 0 Å². The number of fused-ring (bicyclic) bond motifs is 2. The largest absolute Gasteiger partial charge is 0.361 e. The highest BCUT2D eigenvalue weighted by molar-refractivity contribution is 5.84. The van der Waals surface area contributed by atoms with Crippen LogP contribution in [0.25, 0.3) is 10.9 Å². The Labute approximate surface area is 193 Å². The number of hydrogen-bond donors (Lipinski definition) is 1. The maximum Gasteiger partial charge on any atom is 0.226 e. The standard InChI is InChI=1S/C27H29FN4O/c1-17-25(18(2)31(3)30-17)16-32(15-22-14-29-26-11-10-23(28)13-24(22)26)27(33)21-9-8-19-6-4-5-7-20(19)12-21/h4-7,10-11,13-14,21,29H,8-9,12,15-16H2,1-3H3. The van der Waals surface area contributed by atoms with E-state index in [0.29, 0.717) is 13.1 Å². The fourth-order valence-corrected chi connectivity index (χ4v) is 5.10. The van der Waals surface area contributed by atoms with E-state index in [-0.39, 0.29) is 17.6 Å². The van der Waals surface area contributed by atoms with Gasteiger partial charge in [0.15, 0.2) is 0 Å². The molecule has 1 aliphatic carbocycles. The van der Waals surface area contributed by atoms with E-state index in [1.165, 1.54) is 17.2 Å². The maximum absolute atomic E-state index is 14.0. The van der Waals surface area contributed by atoms with Gasteiger partial charge in [-0.1, -0.05) is 24.3 Å². The number of H-pyrrole nitrogens is 1. The van der Waals surface area contributed by atoms with Crippen molar-refractivity contribution in [2.24, 2.45) is 13.0 Å². The summed E-state index contributed by atoms with van der Waals surface area (Å²) in [6.07, 6.45) is 4.42. The molecule has 33 heavy (non-hydrogen) atoms. The number of nitrogens with zero attached hydrogens (tertiary/aromatic N) is 3. The lowest BCUT2D eigenvalue weighted by Gasteiger charge is -2.30. The van der Waals surface area contributed by atoms with Crippen molar-refractivity contribution in [3.63, 3.8) is 0 Å². The van der Waals surface area contributed by atoms with E-state index in [0.717, 1.165) is 52.7 Å². The van der Waals surface area contributed by atoms with Crippen LogP contribution in [0.2, 0.25) is 0 Å². The molecule has 1 atom stereocenters. The lowest BCUT2D eigenvalue weighted by atomic mass is 9.83. The van der Waals surface area contributed by atoms with Crippen LogP contribution in [0.15, 0.2) is 48.7 Å². The second-order valence-electron chi connectivity index (χ2n) is 9.18. The molecule has 5 rings (SSSR count). The number of rotatable bonds is 5. The van der Waals surface area contributed by atoms with Gasteiger partial charge in [0.1, 0.15) is 5.82 Å². The number of amides is 1. The molecule has 0 bridgehead atoms. The number of hydrogen-bond acceptors (Lipinski definition) is 2. The molecule has 0 saturated carbocycles. The molecule has 0 fully saturated rings. The zero-order valence-electron chi connectivity index (χ0n) is 19.4. The number of aromatic nitrogens is 3. The minimum Gasteiger partial charge on any atom is -0.361 e. The predicted octanol–water partition coefficient (Wildman–Crippen LogP) is 4.99. The third-order valence-corrected chi connectivity index (χ3v) is 7.11. The summed E-state index contributed by atoms with van der Waals surface area (Å²) in [5.41, 5.74) is 7.49. The van der Waals surface area contributed by atoms with Crippen molar-refractivity contribution in [2.75, 3.05) is 0 Å². The molecule has 1 unspecified atom stereocenters. The smallest absolute Gasteiger partial charge is 0.226 e. The zero-order chi connectivity index (χ0) is 23.1. The molecule has 0 spiro atoms. The summed E-state index contributed by atoms with van der Waals surface area (Å²) in [4.78, 5) is 19.0. The van der Waals surface area contributed by atoms with Gasteiger partial charge in [-0.2, -0.15) is 5.10 Å². The average molecular weight is 445 g/mol. The van der Waals surface area contributed by atoms with Crippen molar-refractivity contribution in [1.29, 1.82) is 0 Å². The minimum atomic E-state index is -0.274. The number of halogens is 1. The molecule has 0 aliphatic heterocycles. The van der Waals surface area contributed by atoms with E-state index in [1.807, 2.05) is 42.7 Å². The Bertz CT molecular complexity index is 1340. The van der Waals surface area contributed by atoms with Gasteiger partial charge in [0.05, 0.1) is 5.69 Å². The van der Waals surface area contributed by atoms with Crippen molar-refractivity contribution in [3.05, 3.63) is 88.1 Å². The topological polar surface area (TPSA) is 53.9 Å². The summed E-state index contributed by atoms with van der Waals surface area (Å²) >= 11 is 0. The van der Waals surface area contributed by atoms with Crippen molar-refractivity contribution >= 4 is 16.8 Å². The molecule has 1 aliphatic rings.